The molecule has 0 unspecified atom stereocenters. The molecule has 0 aliphatic heterocycles. The van der Waals surface area contributed by atoms with E-state index in [1.165, 1.54) is 11.3 Å². The Morgan fingerprint density at radius 1 is 1.33 bits per heavy atom. The SMILES string of the molecule is CCCc1cc(C(=O)OCC(=O)Nc2ccccc2C#N)sc1C. The summed E-state index contributed by atoms with van der Waals surface area (Å²) in [4.78, 5) is 25.5. The van der Waals surface area contributed by atoms with Crippen molar-refractivity contribution in [3.63, 3.8) is 0 Å². The molecule has 2 aromatic rings. The van der Waals surface area contributed by atoms with Crippen molar-refractivity contribution in [2.24, 2.45) is 0 Å². The third-order valence-corrected chi connectivity index (χ3v) is 4.47. The molecule has 1 heterocycles. The Hall–Kier alpha value is -2.65. The van der Waals surface area contributed by atoms with Gasteiger partial charge in [0.1, 0.15) is 10.9 Å². The van der Waals surface area contributed by atoms with Crippen molar-refractivity contribution in [3.05, 3.63) is 51.2 Å². The van der Waals surface area contributed by atoms with E-state index in [4.69, 9.17) is 10.00 Å². The molecule has 0 saturated carbocycles. The lowest BCUT2D eigenvalue weighted by Crippen LogP contribution is -2.21. The van der Waals surface area contributed by atoms with Crippen LogP contribution in [-0.4, -0.2) is 18.5 Å². The zero-order valence-corrected chi connectivity index (χ0v) is 14.4. The average Bonchev–Trinajstić information content (AvgIpc) is 2.94. The number of carbonyl (C=O) groups excluding carboxylic acids is 2. The fraction of sp³-hybridized carbons (Fsp3) is 0.278. The molecule has 0 fully saturated rings. The van der Waals surface area contributed by atoms with Crippen molar-refractivity contribution >= 4 is 28.9 Å². The van der Waals surface area contributed by atoms with Crippen molar-refractivity contribution in [1.29, 1.82) is 5.26 Å². The van der Waals surface area contributed by atoms with Gasteiger partial charge in [0.25, 0.3) is 5.91 Å². The first-order valence-electron chi connectivity index (χ1n) is 7.60. The van der Waals surface area contributed by atoms with Gasteiger partial charge in [-0.05, 0) is 37.1 Å². The minimum atomic E-state index is -0.505. The Balaban J connectivity index is 1.93. The Kier molecular flexibility index (Phi) is 6.10. The molecule has 0 aliphatic rings. The van der Waals surface area contributed by atoms with Crippen LogP contribution in [0, 0.1) is 18.3 Å². The summed E-state index contributed by atoms with van der Waals surface area (Å²) >= 11 is 1.37. The molecule has 1 aromatic heterocycles. The number of hydrogen-bond donors (Lipinski definition) is 1. The number of rotatable bonds is 6. The van der Waals surface area contributed by atoms with Gasteiger partial charge in [-0.3, -0.25) is 4.79 Å². The zero-order chi connectivity index (χ0) is 17.5. The Labute approximate surface area is 144 Å². The van der Waals surface area contributed by atoms with Crippen LogP contribution >= 0.6 is 11.3 Å². The smallest absolute Gasteiger partial charge is 0.348 e. The minimum Gasteiger partial charge on any atom is -0.451 e. The van der Waals surface area contributed by atoms with E-state index in [0.717, 1.165) is 23.3 Å². The second-order valence-corrected chi connectivity index (χ2v) is 6.48. The summed E-state index contributed by atoms with van der Waals surface area (Å²) in [5, 5.41) is 11.6. The van der Waals surface area contributed by atoms with E-state index in [1.54, 1.807) is 24.3 Å². The van der Waals surface area contributed by atoms with Crippen molar-refractivity contribution in [1.82, 2.24) is 0 Å². The fourth-order valence-corrected chi connectivity index (χ4v) is 3.18. The summed E-state index contributed by atoms with van der Waals surface area (Å²) in [5.74, 6) is -0.984. The number of nitriles is 1. The maximum absolute atomic E-state index is 12.1. The molecule has 1 N–H and O–H groups in total. The molecule has 124 valence electrons. The van der Waals surface area contributed by atoms with Gasteiger partial charge < -0.3 is 10.1 Å². The molecular weight excluding hydrogens is 324 g/mol. The van der Waals surface area contributed by atoms with Crippen LogP contribution in [-0.2, 0) is 16.0 Å². The van der Waals surface area contributed by atoms with Gasteiger partial charge in [0.2, 0.25) is 0 Å². The molecule has 1 amide bonds. The van der Waals surface area contributed by atoms with Crippen molar-refractivity contribution in [2.45, 2.75) is 26.7 Å². The monoisotopic (exact) mass is 342 g/mol. The number of esters is 1. The minimum absolute atomic E-state index is 0.357. The highest BCUT2D eigenvalue weighted by Gasteiger charge is 2.15. The van der Waals surface area contributed by atoms with Gasteiger partial charge in [-0.2, -0.15) is 5.26 Å². The van der Waals surface area contributed by atoms with E-state index >= 15 is 0 Å². The van der Waals surface area contributed by atoms with E-state index in [1.807, 2.05) is 19.1 Å². The lowest BCUT2D eigenvalue weighted by molar-refractivity contribution is -0.119. The van der Waals surface area contributed by atoms with Crippen LogP contribution in [0.25, 0.3) is 0 Å². The van der Waals surface area contributed by atoms with Gasteiger partial charge in [-0.15, -0.1) is 11.3 Å². The highest BCUT2D eigenvalue weighted by atomic mass is 32.1. The Bertz CT molecular complexity index is 790. The third-order valence-electron chi connectivity index (χ3n) is 3.40. The van der Waals surface area contributed by atoms with Crippen LogP contribution in [0.3, 0.4) is 0 Å². The number of benzene rings is 1. The zero-order valence-electron chi connectivity index (χ0n) is 13.6. The standard InChI is InChI=1S/C18H18N2O3S/c1-3-6-13-9-16(24-12(13)2)18(22)23-11-17(21)20-15-8-5-4-7-14(15)10-19/h4-5,7-9H,3,6,11H2,1-2H3,(H,20,21). The Morgan fingerprint density at radius 3 is 2.79 bits per heavy atom. The molecule has 0 spiro atoms. The van der Waals surface area contributed by atoms with E-state index in [9.17, 15) is 9.59 Å². The molecule has 24 heavy (non-hydrogen) atoms. The Morgan fingerprint density at radius 2 is 2.08 bits per heavy atom. The van der Waals surface area contributed by atoms with E-state index in [2.05, 4.69) is 12.2 Å². The van der Waals surface area contributed by atoms with E-state index in [0.29, 0.717) is 16.1 Å². The fourth-order valence-electron chi connectivity index (χ4n) is 2.22. The first-order chi connectivity index (χ1) is 11.5. The van der Waals surface area contributed by atoms with Crippen LogP contribution in [0.5, 0.6) is 0 Å². The topological polar surface area (TPSA) is 79.2 Å². The predicted molar refractivity (Wildman–Crippen MR) is 93.1 cm³/mol. The number of carbonyl (C=O) groups is 2. The molecule has 0 saturated heterocycles. The number of nitrogens with one attached hydrogen (secondary N) is 1. The molecule has 6 heteroatoms. The van der Waals surface area contributed by atoms with Gasteiger partial charge in [0.15, 0.2) is 6.61 Å². The number of anilines is 1. The summed E-state index contributed by atoms with van der Waals surface area (Å²) in [6.07, 6.45) is 1.92. The second-order valence-electron chi connectivity index (χ2n) is 5.22. The summed E-state index contributed by atoms with van der Waals surface area (Å²) < 4.78 is 5.06. The van der Waals surface area contributed by atoms with Crippen LogP contribution < -0.4 is 5.32 Å². The number of hydrogen-bond acceptors (Lipinski definition) is 5. The molecule has 5 nitrogen and oxygen atoms in total. The number of thiophene rings is 1. The maximum Gasteiger partial charge on any atom is 0.348 e. The van der Waals surface area contributed by atoms with Crippen LogP contribution in [0.1, 0.15) is 39.0 Å². The first kappa shape index (κ1) is 17.7. The number of ether oxygens (including phenoxy) is 1. The molecule has 0 aliphatic carbocycles. The number of nitrogens with zero attached hydrogens (tertiary/aromatic N) is 1. The summed E-state index contributed by atoms with van der Waals surface area (Å²) in [6, 6.07) is 10.5. The molecule has 2 rings (SSSR count). The first-order valence-corrected chi connectivity index (χ1v) is 8.42. The van der Waals surface area contributed by atoms with Crippen LogP contribution in [0.15, 0.2) is 30.3 Å². The molecule has 0 bridgehead atoms. The quantitative estimate of drug-likeness (QED) is 0.812. The van der Waals surface area contributed by atoms with Crippen molar-refractivity contribution < 1.29 is 14.3 Å². The van der Waals surface area contributed by atoms with Crippen molar-refractivity contribution in [2.75, 3.05) is 11.9 Å². The summed E-state index contributed by atoms with van der Waals surface area (Å²) in [7, 11) is 0. The van der Waals surface area contributed by atoms with Crippen molar-refractivity contribution in [3.8, 4) is 6.07 Å². The summed E-state index contributed by atoms with van der Waals surface area (Å²) in [6.45, 7) is 3.66. The van der Waals surface area contributed by atoms with Gasteiger partial charge in [0, 0.05) is 4.88 Å². The van der Waals surface area contributed by atoms with Gasteiger partial charge >= 0.3 is 5.97 Å². The molecule has 1 aromatic carbocycles. The lowest BCUT2D eigenvalue weighted by Gasteiger charge is -2.07. The number of amides is 1. The van der Waals surface area contributed by atoms with Gasteiger partial charge in [-0.25, -0.2) is 4.79 Å². The molecule has 0 atom stereocenters. The molecule has 0 radical (unpaired) electrons. The predicted octanol–water partition coefficient (Wildman–Crippen LogP) is 3.68. The number of para-hydroxylation sites is 1. The van der Waals surface area contributed by atoms with Gasteiger partial charge in [0.05, 0.1) is 11.3 Å². The lowest BCUT2D eigenvalue weighted by atomic mass is 10.1. The maximum atomic E-state index is 12.1. The second kappa shape index (κ2) is 8.27. The normalized spacial score (nSPS) is 10.0. The highest BCUT2D eigenvalue weighted by molar-refractivity contribution is 7.14. The largest absolute Gasteiger partial charge is 0.451 e. The van der Waals surface area contributed by atoms with E-state index < -0.39 is 18.5 Å². The molecular formula is C18H18N2O3S. The highest BCUT2D eigenvalue weighted by Crippen LogP contribution is 2.23. The number of aryl methyl sites for hydroxylation is 2. The van der Waals surface area contributed by atoms with Gasteiger partial charge in [-0.1, -0.05) is 25.5 Å². The third kappa shape index (κ3) is 4.43. The van der Waals surface area contributed by atoms with E-state index in [-0.39, 0.29) is 0 Å². The van der Waals surface area contributed by atoms with Crippen LogP contribution in [0.4, 0.5) is 5.69 Å². The van der Waals surface area contributed by atoms with Crippen LogP contribution in [0.2, 0.25) is 0 Å². The summed E-state index contributed by atoms with van der Waals surface area (Å²) in [5.41, 5.74) is 1.90. The average molecular weight is 342 g/mol.